The Hall–Kier alpha value is -1.82. The van der Waals surface area contributed by atoms with Crippen LogP contribution in [0.2, 0.25) is 0 Å². The van der Waals surface area contributed by atoms with Crippen molar-refractivity contribution in [3.8, 4) is 11.8 Å². The molecule has 0 spiro atoms. The molecule has 0 aromatic carbocycles. The van der Waals surface area contributed by atoms with Crippen molar-refractivity contribution in [2.45, 2.75) is 6.42 Å². The normalized spacial score (nSPS) is 10.2. The van der Waals surface area contributed by atoms with Gasteiger partial charge in [-0.25, -0.2) is 0 Å². The van der Waals surface area contributed by atoms with E-state index in [0.29, 0.717) is 18.4 Å². The van der Waals surface area contributed by atoms with E-state index in [1.54, 1.807) is 17.4 Å². The molecular weight excluding hydrogens is 238 g/mol. The number of anilines is 1. The van der Waals surface area contributed by atoms with Gasteiger partial charge in [0.2, 0.25) is 17.7 Å². The number of nitrogens with zero attached hydrogens (tertiary/aromatic N) is 2. The number of ether oxygens (including phenoxy) is 2. The minimum absolute atomic E-state index is 0.149. The quantitative estimate of drug-likeness (QED) is 0.876. The summed E-state index contributed by atoms with van der Waals surface area (Å²) in [5, 5.41) is 2.04. The van der Waals surface area contributed by atoms with Crippen molar-refractivity contribution in [2.24, 2.45) is 0 Å². The summed E-state index contributed by atoms with van der Waals surface area (Å²) in [6.45, 7) is 0.556. The number of rotatable bonds is 5. The molecule has 17 heavy (non-hydrogen) atoms. The molecule has 6 heteroatoms. The Labute approximate surface area is 103 Å². The topological polar surface area (TPSA) is 70.3 Å². The lowest BCUT2D eigenvalue weighted by Gasteiger charge is -2.06. The molecule has 0 amide bonds. The fourth-order valence-electron chi connectivity index (χ4n) is 1.31. The maximum Gasteiger partial charge on any atom is 0.226 e. The highest BCUT2D eigenvalue weighted by Gasteiger charge is 2.03. The van der Waals surface area contributed by atoms with Crippen molar-refractivity contribution in [1.29, 1.82) is 0 Å². The van der Waals surface area contributed by atoms with Crippen LogP contribution in [0.25, 0.3) is 0 Å². The van der Waals surface area contributed by atoms with E-state index in [-0.39, 0.29) is 5.95 Å². The fraction of sp³-hybridized carbons (Fsp3) is 0.273. The second-order valence-electron chi connectivity index (χ2n) is 3.28. The van der Waals surface area contributed by atoms with Crippen LogP contribution < -0.4 is 15.2 Å². The SMILES string of the molecule is COc1cc(OCCc2cccs2)nc(N)n1. The van der Waals surface area contributed by atoms with Gasteiger partial charge in [-0.15, -0.1) is 11.3 Å². The predicted octanol–water partition coefficient (Wildman–Crippen LogP) is 1.75. The van der Waals surface area contributed by atoms with Gasteiger partial charge in [0.1, 0.15) is 0 Å². The van der Waals surface area contributed by atoms with Crippen LogP contribution >= 0.6 is 11.3 Å². The second kappa shape index (κ2) is 5.49. The monoisotopic (exact) mass is 251 g/mol. The van der Waals surface area contributed by atoms with Crippen molar-refractivity contribution in [2.75, 3.05) is 19.5 Å². The number of nitrogen functional groups attached to an aromatic ring is 1. The molecule has 0 saturated heterocycles. The lowest BCUT2D eigenvalue weighted by Crippen LogP contribution is -2.05. The maximum atomic E-state index is 5.52. The first-order chi connectivity index (χ1) is 8.28. The average Bonchev–Trinajstić information content (AvgIpc) is 2.81. The smallest absolute Gasteiger partial charge is 0.226 e. The third-order valence-electron chi connectivity index (χ3n) is 2.08. The maximum absolute atomic E-state index is 5.52. The summed E-state index contributed by atoms with van der Waals surface area (Å²) in [6.07, 6.45) is 0.851. The van der Waals surface area contributed by atoms with Gasteiger partial charge < -0.3 is 15.2 Å². The van der Waals surface area contributed by atoms with E-state index >= 15 is 0 Å². The Morgan fingerprint density at radius 3 is 2.88 bits per heavy atom. The summed E-state index contributed by atoms with van der Waals surface area (Å²) in [4.78, 5) is 9.12. The van der Waals surface area contributed by atoms with Crippen LogP contribution in [0, 0.1) is 0 Å². The molecule has 2 rings (SSSR count). The summed E-state index contributed by atoms with van der Waals surface area (Å²) in [5.41, 5.74) is 5.52. The molecule has 0 aliphatic rings. The number of methoxy groups -OCH3 is 1. The lowest BCUT2D eigenvalue weighted by molar-refractivity contribution is 0.306. The summed E-state index contributed by atoms with van der Waals surface area (Å²) >= 11 is 1.71. The van der Waals surface area contributed by atoms with Crippen LogP contribution in [-0.2, 0) is 6.42 Å². The van der Waals surface area contributed by atoms with Gasteiger partial charge in [0.25, 0.3) is 0 Å². The van der Waals surface area contributed by atoms with Crippen LogP contribution in [0.15, 0.2) is 23.6 Å². The molecule has 0 saturated carbocycles. The Bertz CT molecular complexity index is 474. The number of aromatic nitrogens is 2. The molecule has 0 aliphatic heterocycles. The zero-order valence-corrected chi connectivity index (χ0v) is 10.2. The highest BCUT2D eigenvalue weighted by molar-refractivity contribution is 7.09. The van der Waals surface area contributed by atoms with Crippen LogP contribution in [0.3, 0.4) is 0 Å². The van der Waals surface area contributed by atoms with E-state index < -0.39 is 0 Å². The highest BCUT2D eigenvalue weighted by atomic mass is 32.1. The minimum atomic E-state index is 0.149. The van der Waals surface area contributed by atoms with Crippen molar-refractivity contribution in [1.82, 2.24) is 9.97 Å². The molecule has 5 nitrogen and oxygen atoms in total. The summed E-state index contributed by atoms with van der Waals surface area (Å²) in [6, 6.07) is 5.71. The fourth-order valence-corrected chi connectivity index (χ4v) is 2.00. The molecule has 2 aromatic heterocycles. The van der Waals surface area contributed by atoms with Gasteiger partial charge in [-0.05, 0) is 11.4 Å². The van der Waals surface area contributed by atoms with E-state index in [2.05, 4.69) is 16.0 Å². The van der Waals surface area contributed by atoms with Crippen LogP contribution in [0.1, 0.15) is 4.88 Å². The third kappa shape index (κ3) is 3.32. The Balaban J connectivity index is 1.92. The predicted molar refractivity (Wildman–Crippen MR) is 66.5 cm³/mol. The molecule has 0 radical (unpaired) electrons. The summed E-state index contributed by atoms with van der Waals surface area (Å²) < 4.78 is 10.5. The van der Waals surface area contributed by atoms with Crippen LogP contribution in [-0.4, -0.2) is 23.7 Å². The molecular formula is C11H13N3O2S. The molecule has 2 aromatic rings. The second-order valence-corrected chi connectivity index (χ2v) is 4.32. The Kier molecular flexibility index (Phi) is 3.77. The van der Waals surface area contributed by atoms with Gasteiger partial charge in [-0.1, -0.05) is 6.07 Å². The third-order valence-corrected chi connectivity index (χ3v) is 3.02. The van der Waals surface area contributed by atoms with Crippen LogP contribution in [0.5, 0.6) is 11.8 Å². The zero-order chi connectivity index (χ0) is 12.1. The molecule has 90 valence electrons. The highest BCUT2D eigenvalue weighted by Crippen LogP contribution is 2.16. The van der Waals surface area contributed by atoms with Crippen LogP contribution in [0.4, 0.5) is 5.95 Å². The first-order valence-electron chi connectivity index (χ1n) is 5.11. The van der Waals surface area contributed by atoms with E-state index in [1.807, 2.05) is 11.4 Å². The largest absolute Gasteiger partial charge is 0.481 e. The Morgan fingerprint density at radius 1 is 1.35 bits per heavy atom. The molecule has 2 N–H and O–H groups in total. The molecule has 0 atom stereocenters. The molecule has 0 bridgehead atoms. The van der Waals surface area contributed by atoms with Crippen molar-refractivity contribution in [3.63, 3.8) is 0 Å². The standard InChI is InChI=1S/C11H13N3O2S/c1-15-9-7-10(14-11(12)13-9)16-5-4-8-3-2-6-17-8/h2-3,6-7H,4-5H2,1H3,(H2,12,13,14). The average molecular weight is 251 g/mol. The van der Waals surface area contributed by atoms with Crippen molar-refractivity contribution < 1.29 is 9.47 Å². The van der Waals surface area contributed by atoms with Gasteiger partial charge in [0, 0.05) is 11.3 Å². The zero-order valence-electron chi connectivity index (χ0n) is 9.42. The Morgan fingerprint density at radius 2 is 2.18 bits per heavy atom. The lowest BCUT2D eigenvalue weighted by atomic mass is 10.4. The van der Waals surface area contributed by atoms with Gasteiger partial charge in [-0.2, -0.15) is 9.97 Å². The number of hydrogen-bond acceptors (Lipinski definition) is 6. The van der Waals surface area contributed by atoms with Crippen molar-refractivity contribution >= 4 is 17.3 Å². The minimum Gasteiger partial charge on any atom is -0.481 e. The molecule has 0 aliphatic carbocycles. The number of nitrogens with two attached hydrogens (primary N) is 1. The summed E-state index contributed by atoms with van der Waals surface area (Å²) in [5.74, 6) is 0.991. The van der Waals surface area contributed by atoms with Gasteiger partial charge in [-0.3, -0.25) is 0 Å². The summed E-state index contributed by atoms with van der Waals surface area (Å²) in [7, 11) is 1.53. The number of hydrogen-bond donors (Lipinski definition) is 1. The van der Waals surface area contributed by atoms with Crippen molar-refractivity contribution in [3.05, 3.63) is 28.5 Å². The van der Waals surface area contributed by atoms with E-state index in [9.17, 15) is 0 Å². The van der Waals surface area contributed by atoms with Gasteiger partial charge >= 0.3 is 0 Å². The van der Waals surface area contributed by atoms with Gasteiger partial charge in [0.15, 0.2) is 0 Å². The van der Waals surface area contributed by atoms with E-state index in [0.717, 1.165) is 6.42 Å². The van der Waals surface area contributed by atoms with Gasteiger partial charge in [0.05, 0.1) is 19.8 Å². The molecule has 0 fully saturated rings. The van der Waals surface area contributed by atoms with E-state index in [4.69, 9.17) is 15.2 Å². The van der Waals surface area contributed by atoms with E-state index in [1.165, 1.54) is 12.0 Å². The number of thiophene rings is 1. The molecule has 0 unspecified atom stereocenters. The first-order valence-corrected chi connectivity index (χ1v) is 5.99. The first kappa shape index (κ1) is 11.7. The molecule has 2 heterocycles.